The average Bonchev–Trinajstić information content (AvgIpc) is 3.11. The van der Waals surface area contributed by atoms with Crippen molar-refractivity contribution in [1.82, 2.24) is 14.3 Å². The summed E-state index contributed by atoms with van der Waals surface area (Å²) in [6.07, 6.45) is 8.36. The highest BCUT2D eigenvalue weighted by molar-refractivity contribution is 7.89. The lowest BCUT2D eigenvalue weighted by Crippen LogP contribution is -2.59. The van der Waals surface area contributed by atoms with Gasteiger partial charge in [0.15, 0.2) is 28.2 Å². The largest absolute Gasteiger partial charge is 0.488 e. The van der Waals surface area contributed by atoms with Crippen molar-refractivity contribution in [3.05, 3.63) is 113 Å². The maximum Gasteiger partial charge on any atom is 0.339 e. The van der Waals surface area contributed by atoms with Crippen molar-refractivity contribution in [2.45, 2.75) is 68.5 Å². The molecule has 16 heteroatoms. The molecule has 1 amide bonds. The number of hydrogen-bond donors (Lipinski definition) is 1. The van der Waals surface area contributed by atoms with E-state index in [1.165, 1.54) is 18.2 Å². The summed E-state index contributed by atoms with van der Waals surface area (Å²) in [5, 5.41) is 9.85. The number of carbonyl (C=O) groups is 2. The van der Waals surface area contributed by atoms with Crippen LogP contribution in [0.3, 0.4) is 0 Å². The lowest BCUT2D eigenvalue weighted by atomic mass is 9.85. The van der Waals surface area contributed by atoms with Gasteiger partial charge in [0, 0.05) is 30.7 Å². The topological polar surface area (TPSA) is 130 Å². The zero-order valence-corrected chi connectivity index (χ0v) is 27.7. The molecule has 268 valence electrons. The number of carboxylic acids is 1. The zero-order valence-electron chi connectivity index (χ0n) is 26.9. The molecule has 1 aromatic heterocycles. The summed E-state index contributed by atoms with van der Waals surface area (Å²) in [5.41, 5.74) is 1.42. The molecule has 1 N–H and O–H groups in total. The van der Waals surface area contributed by atoms with Crippen molar-refractivity contribution in [1.29, 1.82) is 0 Å². The van der Waals surface area contributed by atoms with Crippen LogP contribution in [0.15, 0.2) is 65.8 Å². The highest BCUT2D eigenvalue weighted by atomic mass is 32.2. The summed E-state index contributed by atoms with van der Waals surface area (Å²) in [6, 6.07) is 10.9. The van der Waals surface area contributed by atoms with Gasteiger partial charge in [-0.25, -0.2) is 45.1 Å². The first-order valence-corrected chi connectivity index (χ1v) is 17.5. The molecular formula is C35H31F5N4O6S. The first kappa shape index (κ1) is 35.9. The van der Waals surface area contributed by atoms with Crippen LogP contribution < -0.4 is 9.64 Å². The molecule has 6 rings (SSSR count). The normalized spacial score (nSPS) is 16.8. The third-order valence-electron chi connectivity index (χ3n) is 9.10. The number of aromatic carboxylic acids is 1. The number of nitrogens with zero attached hydrogens (tertiary/aromatic N) is 4. The maximum atomic E-state index is 14.7. The Balaban J connectivity index is 1.36. The van der Waals surface area contributed by atoms with Gasteiger partial charge in [-0.3, -0.25) is 4.79 Å². The van der Waals surface area contributed by atoms with Crippen molar-refractivity contribution in [3.63, 3.8) is 0 Å². The SMILES string of the molecule is O=C(O)c1ccc(N(Cc2ncc(C3CCCCC3)cn2)C(=O)[C@H]2CCN2S(=O)(=O)c2c(F)c(F)c(F)c(F)c2F)cc1OCc1ccccc1. The molecular weight excluding hydrogens is 699 g/mol. The average molecular weight is 731 g/mol. The first-order valence-electron chi connectivity index (χ1n) is 16.1. The van der Waals surface area contributed by atoms with E-state index in [-0.39, 0.29) is 48.3 Å². The Morgan fingerprint density at radius 2 is 1.49 bits per heavy atom. The molecule has 0 unspecified atom stereocenters. The molecule has 0 radical (unpaired) electrons. The van der Waals surface area contributed by atoms with Crippen molar-refractivity contribution in [2.24, 2.45) is 0 Å². The van der Waals surface area contributed by atoms with E-state index >= 15 is 0 Å². The fourth-order valence-electron chi connectivity index (χ4n) is 6.25. The van der Waals surface area contributed by atoms with E-state index in [4.69, 9.17) is 4.74 Å². The van der Waals surface area contributed by atoms with Crippen molar-refractivity contribution >= 4 is 27.6 Å². The number of carbonyl (C=O) groups excluding carboxylic acids is 1. The lowest BCUT2D eigenvalue weighted by Gasteiger charge is -2.41. The Bertz CT molecular complexity index is 2040. The van der Waals surface area contributed by atoms with Crippen LogP contribution in [-0.4, -0.2) is 52.3 Å². The fourth-order valence-corrected chi connectivity index (χ4v) is 7.99. The fraction of sp³-hybridized carbons (Fsp3) is 0.314. The predicted octanol–water partition coefficient (Wildman–Crippen LogP) is 6.49. The quantitative estimate of drug-likeness (QED) is 0.105. The molecule has 2 heterocycles. The van der Waals surface area contributed by atoms with Gasteiger partial charge in [0.1, 0.15) is 29.8 Å². The minimum atomic E-state index is -5.44. The van der Waals surface area contributed by atoms with Crippen LogP contribution in [0.1, 0.15) is 71.8 Å². The Morgan fingerprint density at radius 3 is 2.08 bits per heavy atom. The van der Waals surface area contributed by atoms with Crippen molar-refractivity contribution in [3.8, 4) is 5.75 Å². The number of anilines is 1. The summed E-state index contributed by atoms with van der Waals surface area (Å²) in [7, 11) is -5.44. The van der Waals surface area contributed by atoms with Gasteiger partial charge in [0.2, 0.25) is 21.7 Å². The third kappa shape index (κ3) is 7.15. The van der Waals surface area contributed by atoms with Gasteiger partial charge in [-0.2, -0.15) is 4.31 Å². The molecule has 1 aliphatic carbocycles. The molecule has 3 aromatic carbocycles. The molecule has 0 spiro atoms. The number of aromatic nitrogens is 2. The van der Waals surface area contributed by atoms with Crippen LogP contribution in [0.5, 0.6) is 5.75 Å². The van der Waals surface area contributed by atoms with Gasteiger partial charge in [-0.05, 0) is 48.4 Å². The highest BCUT2D eigenvalue weighted by Gasteiger charge is 2.48. The van der Waals surface area contributed by atoms with Crippen molar-refractivity contribution in [2.75, 3.05) is 11.4 Å². The number of rotatable bonds is 11. The smallest absolute Gasteiger partial charge is 0.339 e. The molecule has 10 nitrogen and oxygen atoms in total. The van der Waals surface area contributed by atoms with E-state index in [9.17, 15) is 45.1 Å². The number of carboxylic acid groups (broad SMARTS) is 1. The molecule has 2 fully saturated rings. The second-order valence-corrected chi connectivity index (χ2v) is 14.1. The third-order valence-corrected chi connectivity index (χ3v) is 11.0. The molecule has 4 aromatic rings. The van der Waals surface area contributed by atoms with Crippen LogP contribution in [0, 0.1) is 29.1 Å². The van der Waals surface area contributed by atoms with E-state index in [0.29, 0.717) is 9.87 Å². The number of halogens is 5. The molecule has 1 aliphatic heterocycles. The molecule has 51 heavy (non-hydrogen) atoms. The number of ether oxygens (including phenoxy) is 1. The summed E-state index contributed by atoms with van der Waals surface area (Å²) in [5.74, 6) is -14.6. The first-order chi connectivity index (χ1) is 24.4. The highest BCUT2D eigenvalue weighted by Crippen LogP contribution is 2.36. The van der Waals surface area contributed by atoms with E-state index in [0.717, 1.165) is 42.6 Å². The minimum Gasteiger partial charge on any atom is -0.488 e. The number of sulfonamides is 1. The van der Waals surface area contributed by atoms with Crippen molar-refractivity contribution < 1.29 is 49.8 Å². The van der Waals surface area contributed by atoms with E-state index in [1.807, 2.05) is 0 Å². The number of benzene rings is 3. The molecule has 2 aliphatic rings. The zero-order chi connectivity index (χ0) is 36.4. The monoisotopic (exact) mass is 730 g/mol. The van der Waals surface area contributed by atoms with Crippen LogP contribution >= 0.6 is 0 Å². The van der Waals surface area contributed by atoms with Gasteiger partial charge >= 0.3 is 5.97 Å². The molecule has 1 saturated heterocycles. The number of amides is 1. The Morgan fingerprint density at radius 1 is 0.863 bits per heavy atom. The van der Waals surface area contributed by atoms with Gasteiger partial charge < -0.3 is 14.7 Å². The van der Waals surface area contributed by atoms with E-state index in [2.05, 4.69) is 9.97 Å². The van der Waals surface area contributed by atoms with Crippen LogP contribution in [0.4, 0.5) is 27.6 Å². The van der Waals surface area contributed by atoms with Crippen LogP contribution in [0.2, 0.25) is 0 Å². The van der Waals surface area contributed by atoms with Gasteiger partial charge in [-0.15, -0.1) is 0 Å². The predicted molar refractivity (Wildman–Crippen MR) is 172 cm³/mol. The molecule has 1 saturated carbocycles. The van der Waals surface area contributed by atoms with E-state index in [1.54, 1.807) is 42.7 Å². The Kier molecular flexibility index (Phi) is 10.3. The summed E-state index contributed by atoms with van der Waals surface area (Å²) in [6.45, 7) is -0.871. The van der Waals surface area contributed by atoms with Gasteiger partial charge in [-0.1, -0.05) is 49.6 Å². The summed E-state index contributed by atoms with van der Waals surface area (Å²) >= 11 is 0. The molecule has 0 bridgehead atoms. The second kappa shape index (κ2) is 14.7. The van der Waals surface area contributed by atoms with E-state index < -0.39 is 68.5 Å². The lowest BCUT2D eigenvalue weighted by molar-refractivity contribution is -0.125. The van der Waals surface area contributed by atoms with Gasteiger partial charge in [0.25, 0.3) is 0 Å². The minimum absolute atomic E-state index is 0.0356. The van der Waals surface area contributed by atoms with Gasteiger partial charge in [0.05, 0.1) is 6.54 Å². The maximum absolute atomic E-state index is 14.7. The second-order valence-electron chi connectivity index (χ2n) is 12.3. The number of hydrogen-bond acceptors (Lipinski definition) is 7. The summed E-state index contributed by atoms with van der Waals surface area (Å²) in [4.78, 5) is 34.1. The van der Waals surface area contributed by atoms with Crippen LogP contribution in [-0.2, 0) is 28.0 Å². The van der Waals surface area contributed by atoms with Crippen LogP contribution in [0.25, 0.3) is 0 Å². The molecule has 1 atom stereocenters. The summed E-state index contributed by atoms with van der Waals surface area (Å²) < 4.78 is 104. The Hall–Kier alpha value is -4.96. The Labute approximate surface area is 289 Å². The standard InChI is InChI=1S/C35H31F5N4O6S/c36-28-29(37)31(39)33(32(40)30(28)38)51(48,49)44-14-13-25(44)34(45)43(18-27-41-16-22(17-42-27)21-9-5-2-6-10-21)23-11-12-24(35(46)47)26(15-23)50-19-20-7-3-1-4-8-20/h1,3-4,7-8,11-12,15-17,21,25H,2,5-6,9-10,13-14,18-19H2,(H,46,47)/t25-/m1/s1.